The highest BCUT2D eigenvalue weighted by Crippen LogP contribution is 2.34. The Morgan fingerprint density at radius 2 is 1.40 bits per heavy atom. The summed E-state index contributed by atoms with van der Waals surface area (Å²) >= 11 is 0. The maximum Gasteiger partial charge on any atom is 0.376 e. The van der Waals surface area contributed by atoms with Gasteiger partial charge in [0.05, 0.1) is 13.2 Å². The topological polar surface area (TPSA) is 147 Å². The Bertz CT molecular complexity index is 1630. The second-order valence-electron chi connectivity index (χ2n) is 11.9. The average Bonchev–Trinajstić information content (AvgIpc) is 3.37. The number of halogens is 6. The predicted molar refractivity (Wildman–Crippen MR) is 157 cm³/mol. The number of hydrogen-bond acceptors (Lipinski definition) is 10. The number of esters is 3. The van der Waals surface area contributed by atoms with E-state index in [1.807, 2.05) is 4.98 Å². The number of carbonyl (C=O) groups excluding carboxylic acids is 3. The van der Waals surface area contributed by atoms with Crippen molar-refractivity contribution in [2.24, 2.45) is 0 Å². The number of para-hydroxylation sites is 1. The molecule has 0 aliphatic heterocycles. The summed E-state index contributed by atoms with van der Waals surface area (Å²) < 4.78 is 110. The summed E-state index contributed by atoms with van der Waals surface area (Å²) in [5, 5.41) is 0.348. The smallest absolute Gasteiger partial charge is 0.376 e. The van der Waals surface area contributed by atoms with E-state index in [0.717, 1.165) is 0 Å². The van der Waals surface area contributed by atoms with Crippen molar-refractivity contribution in [3.63, 3.8) is 0 Å². The number of hydrogen-bond donors (Lipinski definition) is 1. The van der Waals surface area contributed by atoms with Gasteiger partial charge in [0, 0.05) is 37.7 Å². The molecule has 0 aliphatic carbocycles. The molecule has 2 aromatic heterocycles. The summed E-state index contributed by atoms with van der Waals surface area (Å²) in [5.41, 5.74) is -1.70. The number of H-pyrrole nitrogens is 1. The minimum atomic E-state index is -4.04. The van der Waals surface area contributed by atoms with Crippen LogP contribution in [0.25, 0.3) is 22.1 Å². The fourth-order valence-corrected chi connectivity index (χ4v) is 4.31. The van der Waals surface area contributed by atoms with Gasteiger partial charge in [-0.15, -0.1) is 0 Å². The Morgan fingerprint density at radius 1 is 0.812 bits per heavy atom. The normalized spacial score (nSPS) is 12.8. The summed E-state index contributed by atoms with van der Waals surface area (Å²) in [7, 11) is 0. The molecule has 0 amide bonds. The van der Waals surface area contributed by atoms with E-state index in [2.05, 4.69) is 14.5 Å². The lowest BCUT2D eigenvalue weighted by Crippen LogP contribution is -2.32. The Morgan fingerprint density at radius 3 is 2.02 bits per heavy atom. The molecule has 0 aliphatic rings. The Hall–Kier alpha value is -4.15. The van der Waals surface area contributed by atoms with Crippen LogP contribution in [0.15, 0.2) is 33.5 Å². The van der Waals surface area contributed by atoms with Crippen LogP contribution in [0.5, 0.6) is 0 Å². The van der Waals surface area contributed by atoms with E-state index in [1.165, 1.54) is 6.07 Å². The first-order valence-corrected chi connectivity index (χ1v) is 15.0. The van der Waals surface area contributed by atoms with Crippen molar-refractivity contribution in [2.45, 2.75) is 89.1 Å². The minimum Gasteiger partial charge on any atom is -0.461 e. The number of nitrogens with zero attached hydrogens (tertiary/aromatic N) is 1. The van der Waals surface area contributed by atoms with Crippen LogP contribution in [0, 0.1) is 0 Å². The average molecular weight is 695 g/mol. The first kappa shape index (κ1) is 38.3. The van der Waals surface area contributed by atoms with E-state index in [9.17, 15) is 45.5 Å². The summed E-state index contributed by atoms with van der Waals surface area (Å²) in [4.78, 5) is 53.1. The monoisotopic (exact) mass is 694 g/mol. The third kappa shape index (κ3) is 11.0. The molecule has 1 N–H and O–H groups in total. The second kappa shape index (κ2) is 15.8. The number of furan rings is 1. The van der Waals surface area contributed by atoms with Crippen molar-refractivity contribution >= 4 is 40.0 Å². The van der Waals surface area contributed by atoms with Crippen LogP contribution in [0.3, 0.4) is 0 Å². The fourth-order valence-electron chi connectivity index (χ4n) is 4.31. The third-order valence-corrected chi connectivity index (χ3v) is 6.58. The number of fused-ring (bicyclic) bond motifs is 3. The number of rotatable bonds is 18. The standard InChI is InChI=1S/C31H36F6N2O9/c1-28(2,3)48-21(40)18-44-15-8-14-31(36,37)27(43)46-17-9-16-45-26(42)30(34,35)13-7-6-12-29(32,33)25-38-22-19-10-4-5-11-20(19)47-23(22)24(41)39-25/h4-5,10-11H,6-9,12-18H2,1-3H3,(H,38,39,41). The Balaban J connectivity index is 1.33. The van der Waals surface area contributed by atoms with Gasteiger partial charge in [-0.3, -0.25) is 4.79 Å². The first-order valence-electron chi connectivity index (χ1n) is 15.0. The summed E-state index contributed by atoms with van der Waals surface area (Å²) in [6.07, 6.45) is -4.67. The molecular formula is C31H36F6N2O9. The van der Waals surface area contributed by atoms with Crippen LogP contribution >= 0.6 is 0 Å². The largest absolute Gasteiger partial charge is 0.461 e. The SMILES string of the molecule is CC(C)(C)OC(=O)COCCCC(F)(F)C(=O)OCCCOC(=O)C(F)(F)CCCCC(F)(F)c1nc2c(oc3ccccc32)c(=O)[nH]1. The molecule has 3 rings (SSSR count). The lowest BCUT2D eigenvalue weighted by molar-refractivity contribution is -0.176. The third-order valence-electron chi connectivity index (χ3n) is 6.58. The van der Waals surface area contributed by atoms with E-state index in [-0.39, 0.29) is 36.1 Å². The van der Waals surface area contributed by atoms with Gasteiger partial charge in [-0.1, -0.05) is 12.1 Å². The zero-order valence-corrected chi connectivity index (χ0v) is 26.5. The highest BCUT2D eigenvalue weighted by molar-refractivity contribution is 6.01. The summed E-state index contributed by atoms with van der Waals surface area (Å²) in [5.74, 6) is -17.1. The van der Waals surface area contributed by atoms with Gasteiger partial charge in [0.15, 0.2) is 5.82 Å². The van der Waals surface area contributed by atoms with E-state index in [4.69, 9.17) is 13.9 Å². The van der Waals surface area contributed by atoms with Gasteiger partial charge in [-0.25, -0.2) is 19.4 Å². The number of ether oxygens (including phenoxy) is 4. The number of benzene rings is 1. The molecule has 266 valence electrons. The predicted octanol–water partition coefficient (Wildman–Crippen LogP) is 6.21. The van der Waals surface area contributed by atoms with Crippen molar-refractivity contribution in [3.05, 3.63) is 40.4 Å². The van der Waals surface area contributed by atoms with Gasteiger partial charge < -0.3 is 28.3 Å². The molecule has 1 aromatic carbocycles. The van der Waals surface area contributed by atoms with Gasteiger partial charge in [0.2, 0.25) is 5.58 Å². The molecule has 0 bridgehead atoms. The number of nitrogens with one attached hydrogen (secondary N) is 1. The molecule has 0 fully saturated rings. The van der Waals surface area contributed by atoms with E-state index < -0.39 is 105 Å². The fraction of sp³-hybridized carbons (Fsp3) is 0.581. The van der Waals surface area contributed by atoms with Crippen LogP contribution in [0.2, 0.25) is 0 Å². The minimum absolute atomic E-state index is 0.0688. The number of aromatic nitrogens is 2. The zero-order valence-electron chi connectivity index (χ0n) is 26.5. The lowest BCUT2D eigenvalue weighted by atomic mass is 10.1. The van der Waals surface area contributed by atoms with Crippen molar-refractivity contribution in [1.82, 2.24) is 9.97 Å². The van der Waals surface area contributed by atoms with Gasteiger partial charge in [-0.05, 0) is 52.2 Å². The van der Waals surface area contributed by atoms with Gasteiger partial charge in [0.25, 0.3) is 5.56 Å². The van der Waals surface area contributed by atoms with Gasteiger partial charge in [0.1, 0.15) is 23.3 Å². The Kier molecular flexibility index (Phi) is 12.6. The maximum absolute atomic E-state index is 14.8. The number of aromatic amines is 1. The summed E-state index contributed by atoms with van der Waals surface area (Å²) in [6, 6.07) is 6.32. The molecule has 0 saturated heterocycles. The molecule has 48 heavy (non-hydrogen) atoms. The number of unbranched alkanes of at least 4 members (excludes halogenated alkanes) is 1. The van der Waals surface area contributed by atoms with Crippen LogP contribution in [0.1, 0.15) is 71.5 Å². The molecule has 17 heteroatoms. The second-order valence-corrected chi connectivity index (χ2v) is 11.9. The number of alkyl halides is 6. The van der Waals surface area contributed by atoms with Crippen molar-refractivity contribution in [3.8, 4) is 0 Å². The molecule has 0 spiro atoms. The lowest BCUT2D eigenvalue weighted by Gasteiger charge is -2.19. The number of carbonyl (C=O) groups is 3. The molecule has 0 unspecified atom stereocenters. The highest BCUT2D eigenvalue weighted by Gasteiger charge is 2.42. The van der Waals surface area contributed by atoms with Crippen molar-refractivity contribution in [1.29, 1.82) is 0 Å². The van der Waals surface area contributed by atoms with Gasteiger partial charge >= 0.3 is 35.7 Å². The zero-order chi connectivity index (χ0) is 35.8. The molecule has 2 heterocycles. The quantitative estimate of drug-likeness (QED) is 0.0706. The van der Waals surface area contributed by atoms with Crippen LogP contribution in [-0.2, 0) is 39.3 Å². The molecule has 0 saturated carbocycles. The van der Waals surface area contributed by atoms with Crippen LogP contribution < -0.4 is 5.56 Å². The molecule has 3 aromatic rings. The molecular weight excluding hydrogens is 658 g/mol. The molecule has 0 radical (unpaired) electrons. The summed E-state index contributed by atoms with van der Waals surface area (Å²) in [6.45, 7) is 2.88. The first-order chi connectivity index (χ1) is 22.3. The van der Waals surface area contributed by atoms with E-state index >= 15 is 0 Å². The van der Waals surface area contributed by atoms with Crippen molar-refractivity contribution < 1.29 is 64.1 Å². The maximum atomic E-state index is 14.8. The molecule has 11 nitrogen and oxygen atoms in total. The molecule has 0 atom stereocenters. The van der Waals surface area contributed by atoms with Crippen molar-refractivity contribution in [2.75, 3.05) is 26.4 Å². The van der Waals surface area contributed by atoms with E-state index in [0.29, 0.717) is 5.39 Å². The van der Waals surface area contributed by atoms with Crippen LogP contribution in [-0.4, -0.2) is 71.7 Å². The van der Waals surface area contributed by atoms with Crippen LogP contribution in [0.4, 0.5) is 26.3 Å². The highest BCUT2D eigenvalue weighted by atomic mass is 19.3. The van der Waals surface area contributed by atoms with E-state index in [1.54, 1.807) is 39.0 Å². The Labute approximate surface area is 270 Å². The van der Waals surface area contributed by atoms with Gasteiger partial charge in [-0.2, -0.15) is 26.3 Å².